The third-order valence-corrected chi connectivity index (χ3v) is 4.63. The average Bonchev–Trinajstić information content (AvgIpc) is 2.47. The van der Waals surface area contributed by atoms with Gasteiger partial charge in [-0.05, 0) is 28.7 Å². The lowest BCUT2D eigenvalue weighted by Gasteiger charge is -2.40. The Morgan fingerprint density at radius 2 is 2.15 bits per heavy atom. The van der Waals surface area contributed by atoms with Gasteiger partial charge in [0.2, 0.25) is 5.91 Å². The molecule has 0 radical (unpaired) electrons. The highest BCUT2D eigenvalue weighted by molar-refractivity contribution is 5.77. The van der Waals surface area contributed by atoms with Gasteiger partial charge in [-0.25, -0.2) is 0 Å². The predicted octanol–water partition coefficient (Wildman–Crippen LogP) is 3.33. The topological polar surface area (TPSA) is 20.3 Å². The third kappa shape index (κ3) is 1.54. The first-order valence-electron chi connectivity index (χ1n) is 7.22. The zero-order valence-corrected chi connectivity index (χ0v) is 11.6. The van der Waals surface area contributed by atoms with Crippen molar-refractivity contribution in [2.24, 2.45) is 0 Å². The van der Waals surface area contributed by atoms with Crippen molar-refractivity contribution < 1.29 is 4.79 Å². The lowest BCUT2D eigenvalue weighted by molar-refractivity contribution is -0.127. The summed E-state index contributed by atoms with van der Waals surface area (Å²) < 4.78 is 0. The lowest BCUT2D eigenvalue weighted by atomic mass is 9.73. The molecule has 1 amide bonds. The summed E-state index contributed by atoms with van der Waals surface area (Å²) in [5.41, 5.74) is 6.78. The molecule has 0 unspecified atom stereocenters. The van der Waals surface area contributed by atoms with E-state index in [9.17, 15) is 4.79 Å². The van der Waals surface area contributed by atoms with Gasteiger partial charge < -0.3 is 4.90 Å². The quantitative estimate of drug-likeness (QED) is 0.703. The van der Waals surface area contributed by atoms with Gasteiger partial charge >= 0.3 is 0 Å². The molecule has 0 saturated heterocycles. The van der Waals surface area contributed by atoms with Gasteiger partial charge in [-0.2, -0.15) is 0 Å². The van der Waals surface area contributed by atoms with Gasteiger partial charge in [0, 0.05) is 31.5 Å². The summed E-state index contributed by atoms with van der Waals surface area (Å²) in [6.45, 7) is 2.50. The molecule has 0 saturated carbocycles. The molecule has 100 valence electrons. The van der Waals surface area contributed by atoms with Crippen molar-refractivity contribution in [3.63, 3.8) is 0 Å². The van der Waals surface area contributed by atoms with E-state index in [4.69, 9.17) is 0 Å². The number of allylic oxidation sites excluding steroid dienone is 5. The fraction of sp³-hybridized carbons (Fsp3) is 0.278. The van der Waals surface area contributed by atoms with Crippen LogP contribution in [-0.4, -0.2) is 17.4 Å². The SMILES string of the molecule is CC(=O)N1CCC2=CC=C[C@H]3C2=C1Cc1ccccc13. The van der Waals surface area contributed by atoms with Crippen LogP contribution >= 0.6 is 0 Å². The minimum absolute atomic E-state index is 0.166. The van der Waals surface area contributed by atoms with Crippen LogP contribution in [0.15, 0.2) is 59.3 Å². The van der Waals surface area contributed by atoms with Crippen LogP contribution in [-0.2, 0) is 11.2 Å². The van der Waals surface area contributed by atoms with Crippen molar-refractivity contribution in [2.75, 3.05) is 6.54 Å². The molecule has 0 spiro atoms. The summed E-state index contributed by atoms with van der Waals surface area (Å²) in [5.74, 6) is 0.497. The van der Waals surface area contributed by atoms with Gasteiger partial charge in [0.1, 0.15) is 0 Å². The number of carbonyl (C=O) groups is 1. The normalized spacial score (nSPS) is 23.1. The Hall–Kier alpha value is -2.09. The van der Waals surface area contributed by atoms with Gasteiger partial charge in [0.15, 0.2) is 0 Å². The molecule has 0 N–H and O–H groups in total. The van der Waals surface area contributed by atoms with Crippen molar-refractivity contribution in [2.45, 2.75) is 25.7 Å². The fourth-order valence-electron chi connectivity index (χ4n) is 3.74. The van der Waals surface area contributed by atoms with Gasteiger partial charge in [-0.3, -0.25) is 4.79 Å². The van der Waals surface area contributed by atoms with Crippen LogP contribution in [0.3, 0.4) is 0 Å². The lowest BCUT2D eigenvalue weighted by Crippen LogP contribution is -2.37. The Bertz CT molecular complexity index is 693. The number of fused-ring (bicyclic) bond motifs is 2. The van der Waals surface area contributed by atoms with Crippen molar-refractivity contribution in [3.8, 4) is 0 Å². The maximum Gasteiger partial charge on any atom is 0.223 e. The second-order valence-corrected chi connectivity index (χ2v) is 5.71. The number of hydrogen-bond donors (Lipinski definition) is 0. The standard InChI is InChI=1S/C18H17NO/c1-12(20)19-10-9-13-6-4-8-16-15-7-3-2-5-14(15)11-17(19)18(13)16/h2-8,16H,9-11H2,1H3/t16-/m1/s1. The van der Waals surface area contributed by atoms with Gasteiger partial charge in [-0.15, -0.1) is 0 Å². The Morgan fingerprint density at radius 3 is 3.00 bits per heavy atom. The summed E-state index contributed by atoms with van der Waals surface area (Å²) >= 11 is 0. The molecule has 3 aliphatic rings. The van der Waals surface area contributed by atoms with Crippen molar-refractivity contribution in [1.82, 2.24) is 4.90 Å². The summed E-state index contributed by atoms with van der Waals surface area (Å²) in [4.78, 5) is 13.9. The van der Waals surface area contributed by atoms with E-state index in [1.807, 2.05) is 4.90 Å². The Kier molecular flexibility index (Phi) is 2.46. The average molecular weight is 263 g/mol. The Labute approximate surface area is 119 Å². The first-order valence-corrected chi connectivity index (χ1v) is 7.22. The van der Waals surface area contributed by atoms with Crippen LogP contribution in [0.1, 0.15) is 30.4 Å². The van der Waals surface area contributed by atoms with E-state index in [0.29, 0.717) is 5.92 Å². The molecule has 1 heterocycles. The first-order chi connectivity index (χ1) is 9.75. The summed E-state index contributed by atoms with van der Waals surface area (Å²) in [6.07, 6.45) is 8.51. The van der Waals surface area contributed by atoms with E-state index in [1.54, 1.807) is 6.92 Å². The zero-order valence-electron chi connectivity index (χ0n) is 11.6. The molecule has 1 atom stereocenters. The highest BCUT2D eigenvalue weighted by Gasteiger charge is 2.35. The summed E-state index contributed by atoms with van der Waals surface area (Å²) in [6, 6.07) is 8.62. The number of amides is 1. The second-order valence-electron chi connectivity index (χ2n) is 5.71. The van der Waals surface area contributed by atoms with Crippen LogP contribution in [0.5, 0.6) is 0 Å². The number of benzene rings is 1. The van der Waals surface area contributed by atoms with Gasteiger partial charge in [0.05, 0.1) is 0 Å². The summed E-state index contributed by atoms with van der Waals surface area (Å²) in [5, 5.41) is 0. The van der Waals surface area contributed by atoms with Crippen LogP contribution in [0.2, 0.25) is 0 Å². The highest BCUT2D eigenvalue weighted by atomic mass is 16.2. The van der Waals surface area contributed by atoms with E-state index in [-0.39, 0.29) is 5.91 Å². The minimum Gasteiger partial charge on any atom is -0.315 e. The molecule has 2 nitrogen and oxygen atoms in total. The number of rotatable bonds is 0. The molecule has 2 aliphatic carbocycles. The molecule has 0 fully saturated rings. The van der Waals surface area contributed by atoms with Crippen LogP contribution in [0.4, 0.5) is 0 Å². The molecular weight excluding hydrogens is 246 g/mol. The Balaban J connectivity index is 1.93. The number of hydrogen-bond acceptors (Lipinski definition) is 1. The molecule has 1 aliphatic heterocycles. The van der Waals surface area contributed by atoms with Crippen LogP contribution in [0.25, 0.3) is 0 Å². The van der Waals surface area contributed by atoms with Crippen molar-refractivity contribution >= 4 is 5.91 Å². The molecule has 20 heavy (non-hydrogen) atoms. The fourth-order valence-corrected chi connectivity index (χ4v) is 3.74. The van der Waals surface area contributed by atoms with E-state index in [1.165, 1.54) is 28.0 Å². The third-order valence-electron chi connectivity index (χ3n) is 4.63. The van der Waals surface area contributed by atoms with Crippen molar-refractivity contribution in [3.05, 3.63) is 70.5 Å². The number of nitrogens with zero attached hydrogens (tertiary/aromatic N) is 1. The number of carbonyl (C=O) groups excluding carboxylic acids is 1. The maximum atomic E-state index is 11.9. The Morgan fingerprint density at radius 1 is 1.30 bits per heavy atom. The van der Waals surface area contributed by atoms with Crippen molar-refractivity contribution in [1.29, 1.82) is 0 Å². The monoisotopic (exact) mass is 263 g/mol. The highest BCUT2D eigenvalue weighted by Crippen LogP contribution is 2.46. The van der Waals surface area contributed by atoms with Gasteiger partial charge in [-0.1, -0.05) is 42.5 Å². The molecule has 4 rings (SSSR count). The van der Waals surface area contributed by atoms with Crippen LogP contribution in [0, 0.1) is 0 Å². The molecule has 0 aromatic heterocycles. The largest absolute Gasteiger partial charge is 0.315 e. The minimum atomic E-state index is 0.166. The van der Waals surface area contributed by atoms with E-state index in [2.05, 4.69) is 42.5 Å². The molecule has 0 bridgehead atoms. The smallest absolute Gasteiger partial charge is 0.223 e. The van der Waals surface area contributed by atoms with E-state index < -0.39 is 0 Å². The van der Waals surface area contributed by atoms with Crippen LogP contribution < -0.4 is 0 Å². The molecule has 1 aromatic carbocycles. The molecule has 2 heteroatoms. The second kappa shape index (κ2) is 4.20. The predicted molar refractivity (Wildman–Crippen MR) is 79.1 cm³/mol. The molecular formula is C18H17NO. The van der Waals surface area contributed by atoms with Gasteiger partial charge in [0.25, 0.3) is 0 Å². The van der Waals surface area contributed by atoms with E-state index in [0.717, 1.165) is 19.4 Å². The zero-order chi connectivity index (χ0) is 13.7. The first kappa shape index (κ1) is 11.7. The summed E-state index contributed by atoms with van der Waals surface area (Å²) in [7, 11) is 0. The van der Waals surface area contributed by atoms with E-state index >= 15 is 0 Å². The molecule has 1 aromatic rings. The maximum absolute atomic E-state index is 11.9.